The van der Waals surface area contributed by atoms with Crippen LogP contribution in [0.2, 0.25) is 0 Å². The molecule has 132 valence electrons. The van der Waals surface area contributed by atoms with E-state index >= 15 is 0 Å². The maximum atomic E-state index is 9.52. The third kappa shape index (κ3) is 4.89. The van der Waals surface area contributed by atoms with E-state index in [4.69, 9.17) is 4.74 Å². The highest BCUT2D eigenvalue weighted by atomic mass is 16.5. The molecule has 0 saturated carbocycles. The molecule has 0 aromatic heterocycles. The average molecular weight is 339 g/mol. The Bertz CT molecular complexity index is 705. The number of phenolic OH excluding ortho intramolecular Hbond substituents is 1. The summed E-state index contributed by atoms with van der Waals surface area (Å²) in [6.45, 7) is 4.23. The molecule has 3 rings (SSSR count). The van der Waals surface area contributed by atoms with Crippen molar-refractivity contribution >= 4 is 5.96 Å². The molecule has 5 nitrogen and oxygen atoms in total. The van der Waals surface area contributed by atoms with Gasteiger partial charge in [0.25, 0.3) is 0 Å². The summed E-state index contributed by atoms with van der Waals surface area (Å²) in [5, 5.41) is 16.1. The van der Waals surface area contributed by atoms with Crippen LogP contribution in [0.5, 0.6) is 11.5 Å². The smallest absolute Gasteiger partial charge is 0.191 e. The standard InChI is InChI=1S/C20H25N3O2/c1-2-21-20(22-11-10-15-6-5-8-17(24)12-15)23-14-18-13-16-7-3-4-9-19(16)25-18/h3-9,12,18,24H,2,10-11,13-14H2,1H3,(H2,21,22,23). The van der Waals surface area contributed by atoms with E-state index in [0.717, 1.165) is 43.2 Å². The van der Waals surface area contributed by atoms with Crippen molar-refractivity contribution in [2.45, 2.75) is 25.9 Å². The number of hydrogen-bond acceptors (Lipinski definition) is 3. The largest absolute Gasteiger partial charge is 0.508 e. The number of phenols is 1. The van der Waals surface area contributed by atoms with E-state index in [0.29, 0.717) is 12.3 Å². The Kier molecular flexibility index (Phi) is 5.77. The first-order chi connectivity index (χ1) is 12.2. The van der Waals surface area contributed by atoms with Crippen molar-refractivity contribution in [1.82, 2.24) is 10.6 Å². The Balaban J connectivity index is 1.50. The number of guanidine groups is 1. The van der Waals surface area contributed by atoms with Crippen LogP contribution < -0.4 is 15.4 Å². The summed E-state index contributed by atoms with van der Waals surface area (Å²) < 4.78 is 5.93. The van der Waals surface area contributed by atoms with Crippen LogP contribution in [0, 0.1) is 0 Å². The van der Waals surface area contributed by atoms with E-state index in [1.54, 1.807) is 12.1 Å². The lowest BCUT2D eigenvalue weighted by Gasteiger charge is -2.13. The number of rotatable bonds is 6. The molecule has 1 aliphatic heterocycles. The molecule has 0 amide bonds. The minimum Gasteiger partial charge on any atom is -0.508 e. The van der Waals surface area contributed by atoms with Crippen LogP contribution in [0.25, 0.3) is 0 Å². The van der Waals surface area contributed by atoms with Gasteiger partial charge in [0, 0.05) is 19.5 Å². The summed E-state index contributed by atoms with van der Waals surface area (Å²) in [7, 11) is 0. The second-order valence-electron chi connectivity index (χ2n) is 6.12. The quantitative estimate of drug-likeness (QED) is 0.559. The Morgan fingerprint density at radius 3 is 2.88 bits per heavy atom. The molecule has 0 saturated heterocycles. The third-order valence-electron chi connectivity index (χ3n) is 4.13. The van der Waals surface area contributed by atoms with Gasteiger partial charge >= 0.3 is 0 Å². The number of hydrogen-bond donors (Lipinski definition) is 3. The summed E-state index contributed by atoms with van der Waals surface area (Å²) in [6.07, 6.45) is 1.82. The minimum absolute atomic E-state index is 0.0962. The minimum atomic E-state index is 0.0962. The van der Waals surface area contributed by atoms with Crippen molar-refractivity contribution in [3.8, 4) is 11.5 Å². The zero-order valence-electron chi connectivity index (χ0n) is 14.5. The first kappa shape index (κ1) is 17.1. The molecule has 1 atom stereocenters. The van der Waals surface area contributed by atoms with Crippen molar-refractivity contribution in [2.75, 3.05) is 19.6 Å². The molecule has 5 heteroatoms. The normalized spacial score (nSPS) is 16.2. The number of para-hydroxylation sites is 1. The number of fused-ring (bicyclic) bond motifs is 1. The molecule has 1 heterocycles. The molecular formula is C20H25N3O2. The Labute approximate surface area is 148 Å². The van der Waals surface area contributed by atoms with Gasteiger partial charge in [-0.1, -0.05) is 30.3 Å². The Hall–Kier alpha value is -2.69. The highest BCUT2D eigenvalue weighted by molar-refractivity contribution is 5.79. The van der Waals surface area contributed by atoms with Crippen molar-refractivity contribution in [1.29, 1.82) is 0 Å². The Morgan fingerprint density at radius 2 is 2.08 bits per heavy atom. The predicted octanol–water partition coefficient (Wildman–Crippen LogP) is 2.49. The average Bonchev–Trinajstić information content (AvgIpc) is 3.03. The highest BCUT2D eigenvalue weighted by Crippen LogP contribution is 2.28. The molecule has 25 heavy (non-hydrogen) atoms. The van der Waals surface area contributed by atoms with Gasteiger partial charge in [-0.2, -0.15) is 0 Å². The van der Waals surface area contributed by atoms with Crippen molar-refractivity contribution < 1.29 is 9.84 Å². The lowest BCUT2D eigenvalue weighted by atomic mass is 10.1. The molecule has 1 aliphatic rings. The molecule has 0 aliphatic carbocycles. The third-order valence-corrected chi connectivity index (χ3v) is 4.13. The summed E-state index contributed by atoms with van der Waals surface area (Å²) in [5.41, 5.74) is 2.35. The number of aromatic hydroxyl groups is 1. The van der Waals surface area contributed by atoms with E-state index in [9.17, 15) is 5.11 Å². The fourth-order valence-electron chi connectivity index (χ4n) is 2.93. The number of benzene rings is 2. The molecule has 2 aromatic rings. The summed E-state index contributed by atoms with van der Waals surface area (Å²) in [4.78, 5) is 4.65. The van der Waals surface area contributed by atoms with Gasteiger partial charge in [0.15, 0.2) is 5.96 Å². The molecule has 0 bridgehead atoms. The van der Waals surface area contributed by atoms with Crippen LogP contribution >= 0.6 is 0 Å². The van der Waals surface area contributed by atoms with Gasteiger partial charge in [-0.3, -0.25) is 0 Å². The molecule has 2 aromatic carbocycles. The van der Waals surface area contributed by atoms with Crippen molar-refractivity contribution in [2.24, 2.45) is 4.99 Å². The maximum absolute atomic E-state index is 9.52. The monoisotopic (exact) mass is 339 g/mol. The van der Waals surface area contributed by atoms with E-state index in [1.165, 1.54) is 5.56 Å². The molecule has 0 fully saturated rings. The van der Waals surface area contributed by atoms with Crippen LogP contribution in [-0.4, -0.2) is 36.8 Å². The van der Waals surface area contributed by atoms with E-state index in [2.05, 4.69) is 21.7 Å². The lowest BCUT2D eigenvalue weighted by molar-refractivity contribution is 0.241. The summed E-state index contributed by atoms with van der Waals surface area (Å²) in [6, 6.07) is 15.5. The second-order valence-corrected chi connectivity index (χ2v) is 6.12. The SMILES string of the molecule is CCNC(=NCC1Cc2ccccc2O1)NCCc1cccc(O)c1. The van der Waals surface area contributed by atoms with Crippen LogP contribution in [0.4, 0.5) is 0 Å². The van der Waals surface area contributed by atoms with Gasteiger partial charge in [-0.25, -0.2) is 4.99 Å². The van der Waals surface area contributed by atoms with Crippen molar-refractivity contribution in [3.63, 3.8) is 0 Å². The molecular weight excluding hydrogens is 314 g/mol. The van der Waals surface area contributed by atoms with Crippen LogP contribution in [0.15, 0.2) is 53.5 Å². The molecule has 0 radical (unpaired) electrons. The lowest BCUT2D eigenvalue weighted by Crippen LogP contribution is -2.39. The maximum Gasteiger partial charge on any atom is 0.191 e. The van der Waals surface area contributed by atoms with Crippen LogP contribution in [-0.2, 0) is 12.8 Å². The van der Waals surface area contributed by atoms with E-state index in [1.807, 2.05) is 37.3 Å². The second kappa shape index (κ2) is 8.42. The van der Waals surface area contributed by atoms with Gasteiger partial charge in [0.05, 0.1) is 6.54 Å². The summed E-state index contributed by atoms with van der Waals surface area (Å²) >= 11 is 0. The zero-order chi connectivity index (χ0) is 17.5. The molecule has 1 unspecified atom stereocenters. The number of aliphatic imine (C=N–C) groups is 1. The summed E-state index contributed by atoms with van der Waals surface area (Å²) in [5.74, 6) is 2.07. The first-order valence-electron chi connectivity index (χ1n) is 8.79. The van der Waals surface area contributed by atoms with E-state index in [-0.39, 0.29) is 6.10 Å². The molecule has 3 N–H and O–H groups in total. The van der Waals surface area contributed by atoms with Gasteiger partial charge in [-0.15, -0.1) is 0 Å². The van der Waals surface area contributed by atoms with Gasteiger partial charge in [0.1, 0.15) is 17.6 Å². The van der Waals surface area contributed by atoms with Crippen LogP contribution in [0.1, 0.15) is 18.1 Å². The first-order valence-corrected chi connectivity index (χ1v) is 8.79. The van der Waals surface area contributed by atoms with Gasteiger partial charge < -0.3 is 20.5 Å². The fourth-order valence-corrected chi connectivity index (χ4v) is 2.93. The van der Waals surface area contributed by atoms with Gasteiger partial charge in [0.2, 0.25) is 0 Å². The highest BCUT2D eigenvalue weighted by Gasteiger charge is 2.21. The molecule has 0 spiro atoms. The fraction of sp³-hybridized carbons (Fsp3) is 0.350. The number of nitrogens with one attached hydrogen (secondary N) is 2. The topological polar surface area (TPSA) is 65.9 Å². The predicted molar refractivity (Wildman–Crippen MR) is 100 cm³/mol. The van der Waals surface area contributed by atoms with Gasteiger partial charge in [-0.05, 0) is 42.7 Å². The number of ether oxygens (including phenoxy) is 1. The van der Waals surface area contributed by atoms with E-state index < -0.39 is 0 Å². The van der Waals surface area contributed by atoms with Crippen LogP contribution in [0.3, 0.4) is 0 Å². The number of nitrogens with zero attached hydrogens (tertiary/aromatic N) is 1. The van der Waals surface area contributed by atoms with Crippen molar-refractivity contribution in [3.05, 3.63) is 59.7 Å². The Morgan fingerprint density at radius 1 is 1.20 bits per heavy atom. The zero-order valence-corrected chi connectivity index (χ0v) is 14.5.